The van der Waals surface area contributed by atoms with E-state index < -0.39 is 0 Å². The van der Waals surface area contributed by atoms with Crippen molar-refractivity contribution in [3.05, 3.63) is 34.9 Å². The van der Waals surface area contributed by atoms with Crippen molar-refractivity contribution in [2.24, 2.45) is 5.73 Å². The number of nitrogens with two attached hydrogens (primary N) is 1. The van der Waals surface area contributed by atoms with Gasteiger partial charge in [0, 0.05) is 37.2 Å². The molecule has 1 fully saturated rings. The Morgan fingerprint density at radius 2 is 1.70 bits per heavy atom. The van der Waals surface area contributed by atoms with Crippen molar-refractivity contribution >= 4 is 17.5 Å². The fourth-order valence-electron chi connectivity index (χ4n) is 2.70. The lowest BCUT2D eigenvalue weighted by atomic mass is 10.1. The molecule has 0 aromatic heterocycles. The maximum atomic E-state index is 11.2. The van der Waals surface area contributed by atoms with Crippen molar-refractivity contribution in [3.63, 3.8) is 0 Å². The van der Waals surface area contributed by atoms with E-state index in [2.05, 4.69) is 22.8 Å². The van der Waals surface area contributed by atoms with Crippen LogP contribution < -0.4 is 5.73 Å². The average molecular weight is 296 g/mol. The standard InChI is InChI=1S/C15H22ClN3O/c1-11(13-5-3-4-6-14(13)16)18-7-9-19(10-8-18)12(2)15(17)20/h3-6,11-12H,7-10H2,1-2H3,(H2,17,20). The molecular formula is C15H22ClN3O. The SMILES string of the molecule is CC(C(N)=O)N1CCN(C(C)c2ccccc2Cl)CC1. The van der Waals surface area contributed by atoms with Crippen molar-refractivity contribution in [1.29, 1.82) is 0 Å². The Morgan fingerprint density at radius 3 is 2.25 bits per heavy atom. The molecule has 1 aliphatic heterocycles. The molecule has 1 saturated heterocycles. The summed E-state index contributed by atoms with van der Waals surface area (Å²) in [5.74, 6) is -0.252. The van der Waals surface area contributed by atoms with E-state index in [0.717, 1.165) is 36.8 Å². The highest BCUT2D eigenvalue weighted by Gasteiger charge is 2.27. The van der Waals surface area contributed by atoms with Crippen molar-refractivity contribution in [3.8, 4) is 0 Å². The van der Waals surface area contributed by atoms with E-state index in [1.807, 2.05) is 25.1 Å². The molecule has 2 rings (SSSR count). The van der Waals surface area contributed by atoms with Gasteiger partial charge in [0.05, 0.1) is 6.04 Å². The van der Waals surface area contributed by atoms with E-state index in [-0.39, 0.29) is 18.0 Å². The molecule has 1 aromatic carbocycles. The van der Waals surface area contributed by atoms with E-state index >= 15 is 0 Å². The topological polar surface area (TPSA) is 49.6 Å². The maximum absolute atomic E-state index is 11.2. The molecule has 0 spiro atoms. The third-order valence-corrected chi connectivity index (χ3v) is 4.56. The highest BCUT2D eigenvalue weighted by atomic mass is 35.5. The van der Waals surface area contributed by atoms with Crippen LogP contribution in [0.1, 0.15) is 25.5 Å². The lowest BCUT2D eigenvalue weighted by molar-refractivity contribution is -0.123. The third-order valence-electron chi connectivity index (χ3n) is 4.21. The van der Waals surface area contributed by atoms with Crippen LogP contribution in [0.25, 0.3) is 0 Å². The van der Waals surface area contributed by atoms with Gasteiger partial charge < -0.3 is 5.73 Å². The van der Waals surface area contributed by atoms with Gasteiger partial charge in [-0.1, -0.05) is 29.8 Å². The van der Waals surface area contributed by atoms with Gasteiger partial charge in [-0.25, -0.2) is 0 Å². The van der Waals surface area contributed by atoms with Crippen LogP contribution >= 0.6 is 11.6 Å². The highest BCUT2D eigenvalue weighted by Crippen LogP contribution is 2.27. The van der Waals surface area contributed by atoms with Crippen LogP contribution in [0.2, 0.25) is 5.02 Å². The minimum absolute atomic E-state index is 0.187. The summed E-state index contributed by atoms with van der Waals surface area (Å²) in [4.78, 5) is 15.8. The highest BCUT2D eigenvalue weighted by molar-refractivity contribution is 6.31. The van der Waals surface area contributed by atoms with Gasteiger partial charge in [-0.3, -0.25) is 14.6 Å². The number of hydrogen-bond donors (Lipinski definition) is 1. The summed E-state index contributed by atoms with van der Waals surface area (Å²) in [6.07, 6.45) is 0. The fourth-order valence-corrected chi connectivity index (χ4v) is 3.00. The van der Waals surface area contributed by atoms with E-state index in [1.54, 1.807) is 0 Å². The molecule has 0 aliphatic carbocycles. The van der Waals surface area contributed by atoms with Crippen molar-refractivity contribution < 1.29 is 4.79 Å². The Kier molecular flexibility index (Phi) is 5.02. The van der Waals surface area contributed by atoms with Gasteiger partial charge in [0.2, 0.25) is 5.91 Å². The fraction of sp³-hybridized carbons (Fsp3) is 0.533. The van der Waals surface area contributed by atoms with Gasteiger partial charge >= 0.3 is 0 Å². The average Bonchev–Trinajstić information content (AvgIpc) is 2.46. The molecule has 0 radical (unpaired) electrons. The van der Waals surface area contributed by atoms with Crippen molar-refractivity contribution in [2.45, 2.75) is 25.9 Å². The molecule has 2 unspecified atom stereocenters. The van der Waals surface area contributed by atoms with Gasteiger partial charge in [0.1, 0.15) is 0 Å². The molecule has 0 bridgehead atoms. The summed E-state index contributed by atoms with van der Waals surface area (Å²) >= 11 is 6.26. The number of piperazine rings is 1. The smallest absolute Gasteiger partial charge is 0.234 e. The summed E-state index contributed by atoms with van der Waals surface area (Å²) < 4.78 is 0. The number of carbonyl (C=O) groups excluding carboxylic acids is 1. The Balaban J connectivity index is 1.97. The molecule has 5 heteroatoms. The molecule has 20 heavy (non-hydrogen) atoms. The van der Waals surface area contributed by atoms with Gasteiger partial charge in [-0.05, 0) is 25.5 Å². The van der Waals surface area contributed by atoms with Gasteiger partial charge in [0.25, 0.3) is 0 Å². The van der Waals surface area contributed by atoms with Crippen LogP contribution in [-0.4, -0.2) is 47.9 Å². The zero-order valence-electron chi connectivity index (χ0n) is 12.1. The molecule has 2 atom stereocenters. The Morgan fingerprint density at radius 1 is 1.15 bits per heavy atom. The summed E-state index contributed by atoms with van der Waals surface area (Å²) in [7, 11) is 0. The summed E-state index contributed by atoms with van der Waals surface area (Å²) in [5.41, 5.74) is 6.52. The molecule has 4 nitrogen and oxygen atoms in total. The quantitative estimate of drug-likeness (QED) is 0.923. The molecular weight excluding hydrogens is 274 g/mol. The van der Waals surface area contributed by atoms with E-state index in [1.165, 1.54) is 0 Å². The lowest BCUT2D eigenvalue weighted by Crippen LogP contribution is -2.53. The Hall–Kier alpha value is -1.10. The third kappa shape index (κ3) is 3.32. The second kappa shape index (κ2) is 6.57. The minimum atomic E-state index is -0.252. The first-order valence-electron chi connectivity index (χ1n) is 7.02. The molecule has 110 valence electrons. The number of nitrogens with zero attached hydrogens (tertiary/aromatic N) is 2. The zero-order valence-corrected chi connectivity index (χ0v) is 12.8. The molecule has 1 heterocycles. The predicted molar refractivity (Wildman–Crippen MR) is 81.7 cm³/mol. The number of carbonyl (C=O) groups is 1. The van der Waals surface area contributed by atoms with Crippen LogP contribution in [0, 0.1) is 0 Å². The number of primary amides is 1. The summed E-state index contributed by atoms with van der Waals surface area (Å²) in [6, 6.07) is 8.07. The lowest BCUT2D eigenvalue weighted by Gasteiger charge is -2.40. The maximum Gasteiger partial charge on any atom is 0.234 e. The molecule has 1 amide bonds. The second-order valence-electron chi connectivity index (χ2n) is 5.35. The van der Waals surface area contributed by atoms with Gasteiger partial charge in [-0.2, -0.15) is 0 Å². The normalized spacial score (nSPS) is 20.6. The number of benzene rings is 1. The van der Waals surface area contributed by atoms with Gasteiger partial charge in [0.15, 0.2) is 0 Å². The summed E-state index contributed by atoms with van der Waals surface area (Å²) in [6.45, 7) is 7.61. The molecule has 1 aliphatic rings. The molecule has 2 N–H and O–H groups in total. The Labute approximate surface area is 125 Å². The largest absolute Gasteiger partial charge is 0.368 e. The van der Waals surface area contributed by atoms with Gasteiger partial charge in [-0.15, -0.1) is 0 Å². The van der Waals surface area contributed by atoms with E-state index in [9.17, 15) is 4.79 Å². The second-order valence-corrected chi connectivity index (χ2v) is 5.75. The zero-order chi connectivity index (χ0) is 14.7. The van der Waals surface area contributed by atoms with Crippen LogP contribution in [0.4, 0.5) is 0 Å². The first kappa shape index (κ1) is 15.3. The molecule has 1 aromatic rings. The number of rotatable bonds is 4. The number of amides is 1. The van der Waals surface area contributed by atoms with Crippen LogP contribution in [0.5, 0.6) is 0 Å². The minimum Gasteiger partial charge on any atom is -0.368 e. The van der Waals surface area contributed by atoms with Crippen LogP contribution in [-0.2, 0) is 4.79 Å². The summed E-state index contributed by atoms with van der Waals surface area (Å²) in [5, 5.41) is 0.813. The van der Waals surface area contributed by atoms with Crippen molar-refractivity contribution in [1.82, 2.24) is 9.80 Å². The van der Waals surface area contributed by atoms with Crippen LogP contribution in [0.15, 0.2) is 24.3 Å². The number of halogens is 1. The Bertz CT molecular complexity index is 472. The monoisotopic (exact) mass is 295 g/mol. The first-order valence-corrected chi connectivity index (χ1v) is 7.40. The first-order chi connectivity index (χ1) is 9.50. The van der Waals surface area contributed by atoms with E-state index in [4.69, 9.17) is 17.3 Å². The number of hydrogen-bond acceptors (Lipinski definition) is 3. The molecule has 0 saturated carbocycles. The van der Waals surface area contributed by atoms with Crippen LogP contribution in [0.3, 0.4) is 0 Å². The predicted octanol–water partition coefficient (Wildman–Crippen LogP) is 1.89. The van der Waals surface area contributed by atoms with E-state index in [0.29, 0.717) is 0 Å². The van der Waals surface area contributed by atoms with Crippen molar-refractivity contribution in [2.75, 3.05) is 26.2 Å².